The summed E-state index contributed by atoms with van der Waals surface area (Å²) in [7, 11) is 3.28. The van der Waals surface area contributed by atoms with Gasteiger partial charge in [0.05, 0.1) is 23.4 Å². The molecule has 0 radical (unpaired) electrons. The van der Waals surface area contributed by atoms with Gasteiger partial charge in [0.25, 0.3) is 0 Å². The zero-order valence-corrected chi connectivity index (χ0v) is 26.0. The molecular formula is C30H58O6. The second kappa shape index (κ2) is 14.2. The van der Waals surface area contributed by atoms with Gasteiger partial charge in [0, 0.05) is 38.9 Å². The van der Waals surface area contributed by atoms with Gasteiger partial charge in [-0.15, -0.1) is 0 Å². The molecule has 6 nitrogen and oxygen atoms in total. The van der Waals surface area contributed by atoms with E-state index in [0.717, 1.165) is 6.42 Å². The van der Waals surface area contributed by atoms with Crippen molar-refractivity contribution in [1.29, 1.82) is 0 Å². The highest BCUT2D eigenvalue weighted by atomic mass is 16.7. The zero-order chi connectivity index (χ0) is 28.5. The van der Waals surface area contributed by atoms with Gasteiger partial charge in [-0.1, -0.05) is 82.7 Å². The fourth-order valence-corrected chi connectivity index (χ4v) is 4.72. The van der Waals surface area contributed by atoms with Crippen LogP contribution in [-0.4, -0.2) is 45.0 Å². The molecule has 0 spiro atoms. The molecule has 0 aliphatic carbocycles. The molecular weight excluding hydrogens is 456 g/mol. The molecule has 0 aromatic heterocycles. The Morgan fingerprint density at radius 1 is 0.833 bits per heavy atom. The Kier molecular flexibility index (Phi) is 13.7. The van der Waals surface area contributed by atoms with Crippen LogP contribution in [0.2, 0.25) is 0 Å². The van der Waals surface area contributed by atoms with Crippen molar-refractivity contribution in [3.8, 4) is 0 Å². The van der Waals surface area contributed by atoms with E-state index in [0.29, 0.717) is 25.0 Å². The van der Waals surface area contributed by atoms with Crippen LogP contribution in [0.3, 0.4) is 0 Å². The van der Waals surface area contributed by atoms with Crippen molar-refractivity contribution in [3.05, 3.63) is 12.3 Å². The minimum atomic E-state index is -0.671. The summed E-state index contributed by atoms with van der Waals surface area (Å²) < 4.78 is 29.8. The van der Waals surface area contributed by atoms with Crippen LogP contribution in [-0.2, 0) is 28.5 Å². The van der Waals surface area contributed by atoms with Crippen molar-refractivity contribution in [3.63, 3.8) is 0 Å². The van der Waals surface area contributed by atoms with E-state index in [9.17, 15) is 4.79 Å². The second-order valence-corrected chi connectivity index (χ2v) is 12.7. The normalized spacial score (nSPS) is 17.9. The molecule has 36 heavy (non-hydrogen) atoms. The summed E-state index contributed by atoms with van der Waals surface area (Å²) in [6.07, 6.45) is 1.69. The van der Waals surface area contributed by atoms with Crippen molar-refractivity contribution in [2.45, 2.75) is 127 Å². The predicted molar refractivity (Wildman–Crippen MR) is 147 cm³/mol. The Morgan fingerprint density at radius 3 is 1.69 bits per heavy atom. The van der Waals surface area contributed by atoms with Crippen LogP contribution in [0.4, 0.5) is 0 Å². The van der Waals surface area contributed by atoms with E-state index >= 15 is 0 Å². The highest BCUT2D eigenvalue weighted by Crippen LogP contribution is 2.54. The summed E-state index contributed by atoms with van der Waals surface area (Å²) in [4.78, 5) is 13.6. The summed E-state index contributed by atoms with van der Waals surface area (Å²) in [6.45, 7) is 29.4. The first-order valence-electron chi connectivity index (χ1n) is 13.6. The van der Waals surface area contributed by atoms with Crippen molar-refractivity contribution >= 4 is 5.97 Å². The molecule has 0 N–H and O–H groups in total. The molecule has 0 aromatic carbocycles. The number of hydrogen-bond acceptors (Lipinski definition) is 6. The monoisotopic (exact) mass is 514 g/mol. The lowest BCUT2D eigenvalue weighted by atomic mass is 9.53. The Balaban J connectivity index is 5.89. The first-order chi connectivity index (χ1) is 16.4. The molecule has 4 atom stereocenters. The third-order valence-corrected chi connectivity index (χ3v) is 8.30. The van der Waals surface area contributed by atoms with Gasteiger partial charge >= 0.3 is 5.97 Å². The largest absolute Gasteiger partial charge is 0.470 e. The first-order valence-corrected chi connectivity index (χ1v) is 13.6. The minimum absolute atomic E-state index is 0.148. The van der Waals surface area contributed by atoms with E-state index in [2.05, 4.69) is 68.9 Å². The van der Waals surface area contributed by atoms with E-state index in [1.807, 2.05) is 20.8 Å². The Bertz CT molecular complexity index is 677. The fourth-order valence-electron chi connectivity index (χ4n) is 4.72. The third-order valence-electron chi connectivity index (χ3n) is 8.30. The average molecular weight is 515 g/mol. The molecule has 0 saturated carbocycles. The lowest BCUT2D eigenvalue weighted by molar-refractivity contribution is -0.229. The second-order valence-electron chi connectivity index (χ2n) is 12.7. The van der Waals surface area contributed by atoms with Crippen molar-refractivity contribution < 1.29 is 28.5 Å². The number of carbonyl (C=O) groups is 1. The molecule has 0 fully saturated rings. The van der Waals surface area contributed by atoms with E-state index in [-0.39, 0.29) is 35.2 Å². The van der Waals surface area contributed by atoms with Gasteiger partial charge in [0.15, 0.2) is 6.29 Å². The van der Waals surface area contributed by atoms with E-state index in [4.69, 9.17) is 23.7 Å². The van der Waals surface area contributed by atoms with Gasteiger partial charge in [-0.05, 0) is 30.6 Å². The molecule has 0 saturated heterocycles. The molecule has 4 unspecified atom stereocenters. The molecule has 6 heteroatoms. The number of hydrogen-bond donors (Lipinski definition) is 0. The van der Waals surface area contributed by atoms with Crippen LogP contribution >= 0.6 is 0 Å². The molecule has 0 amide bonds. The van der Waals surface area contributed by atoms with Gasteiger partial charge in [-0.3, -0.25) is 4.79 Å². The average Bonchev–Trinajstić information content (AvgIpc) is 2.78. The van der Waals surface area contributed by atoms with Crippen LogP contribution in [0.5, 0.6) is 0 Å². The maximum Gasteiger partial charge on any atom is 0.312 e. The SMILES string of the molecule is C=C(CC(CC)(CCOC(=O)C(C)(C(C)(C)C)C(C)(C)CC)OC(OC)C(C)C)OC(OC)C(C)C. The number of esters is 1. The number of ether oxygens (including phenoxy) is 5. The number of carbonyl (C=O) groups excluding carboxylic acids is 1. The minimum Gasteiger partial charge on any atom is -0.470 e. The van der Waals surface area contributed by atoms with Crippen molar-refractivity contribution in [1.82, 2.24) is 0 Å². The third kappa shape index (κ3) is 8.73. The van der Waals surface area contributed by atoms with Gasteiger partial charge in [-0.2, -0.15) is 0 Å². The van der Waals surface area contributed by atoms with Crippen molar-refractivity contribution in [2.75, 3.05) is 20.8 Å². The molecule has 0 heterocycles. The van der Waals surface area contributed by atoms with E-state index in [1.54, 1.807) is 14.2 Å². The van der Waals surface area contributed by atoms with Crippen LogP contribution in [0.1, 0.15) is 109 Å². The van der Waals surface area contributed by atoms with E-state index < -0.39 is 23.6 Å². The van der Waals surface area contributed by atoms with Crippen LogP contribution in [0, 0.1) is 28.1 Å². The van der Waals surface area contributed by atoms with Gasteiger partial charge in [0.1, 0.15) is 0 Å². The molecule has 214 valence electrons. The summed E-state index contributed by atoms with van der Waals surface area (Å²) in [5, 5.41) is 0. The van der Waals surface area contributed by atoms with Crippen LogP contribution in [0.15, 0.2) is 12.3 Å². The molecule has 0 bridgehead atoms. The summed E-state index contributed by atoms with van der Waals surface area (Å²) in [6, 6.07) is 0. The van der Waals surface area contributed by atoms with Crippen molar-refractivity contribution in [2.24, 2.45) is 28.1 Å². The lowest BCUT2D eigenvalue weighted by Crippen LogP contribution is -2.52. The quantitative estimate of drug-likeness (QED) is 0.112. The standard InChI is InChI=1S/C30H58O6/c1-16-28(11,12)29(13,27(8,9)10)26(31)34-19-18-30(17-2,36-25(33-15)22(5)6)20-23(7)35-24(32-14)21(3)4/h21-22,24-25H,7,16-20H2,1-6,8-15H3. The lowest BCUT2D eigenvalue weighted by Gasteiger charge is -2.50. The molecule has 0 aromatic rings. The highest BCUT2D eigenvalue weighted by molar-refractivity contribution is 5.78. The summed E-state index contributed by atoms with van der Waals surface area (Å²) in [5.41, 5.74) is -1.83. The van der Waals surface area contributed by atoms with E-state index in [1.165, 1.54) is 0 Å². The Hall–Kier alpha value is -1.11. The zero-order valence-electron chi connectivity index (χ0n) is 26.0. The smallest absolute Gasteiger partial charge is 0.312 e. The van der Waals surface area contributed by atoms with Crippen LogP contribution in [0.25, 0.3) is 0 Å². The topological polar surface area (TPSA) is 63.2 Å². The predicted octanol–water partition coefficient (Wildman–Crippen LogP) is 7.75. The Morgan fingerprint density at radius 2 is 1.33 bits per heavy atom. The number of rotatable bonds is 17. The summed E-state index contributed by atoms with van der Waals surface area (Å²) in [5.74, 6) is 0.723. The maximum atomic E-state index is 13.6. The fraction of sp³-hybridized carbons (Fsp3) is 0.900. The molecule has 0 rings (SSSR count). The van der Waals surface area contributed by atoms with Gasteiger partial charge < -0.3 is 23.7 Å². The maximum absolute atomic E-state index is 13.6. The molecule has 0 aliphatic rings. The highest BCUT2D eigenvalue weighted by Gasteiger charge is 2.55. The first kappa shape index (κ1) is 34.9. The van der Waals surface area contributed by atoms with Gasteiger partial charge in [0.2, 0.25) is 6.29 Å². The Labute approximate surface area is 222 Å². The summed E-state index contributed by atoms with van der Waals surface area (Å²) >= 11 is 0. The van der Waals surface area contributed by atoms with Crippen LogP contribution < -0.4 is 0 Å². The molecule has 0 aliphatic heterocycles. The number of methoxy groups -OCH3 is 2. The van der Waals surface area contributed by atoms with Gasteiger partial charge in [-0.25, -0.2) is 0 Å².